The first-order valence-electron chi connectivity index (χ1n) is 6.89. The van der Waals surface area contributed by atoms with Gasteiger partial charge in [0.05, 0.1) is 16.8 Å². The molecular formula is C18H17ClN2O. The molecule has 0 aliphatic rings. The molecule has 0 aliphatic carbocycles. The molecule has 112 valence electrons. The summed E-state index contributed by atoms with van der Waals surface area (Å²) < 4.78 is 0. The first kappa shape index (κ1) is 16.0. The summed E-state index contributed by atoms with van der Waals surface area (Å²) in [6.07, 6.45) is 3.58. The summed E-state index contributed by atoms with van der Waals surface area (Å²) in [6.45, 7) is 3.84. The third-order valence-electron chi connectivity index (χ3n) is 3.00. The number of nitrogens with one attached hydrogen (secondary N) is 1. The van der Waals surface area contributed by atoms with Gasteiger partial charge < -0.3 is 0 Å². The van der Waals surface area contributed by atoms with Gasteiger partial charge >= 0.3 is 0 Å². The van der Waals surface area contributed by atoms with Gasteiger partial charge in [-0.2, -0.15) is 5.10 Å². The third kappa shape index (κ3) is 4.57. The summed E-state index contributed by atoms with van der Waals surface area (Å²) in [5.41, 5.74) is 5.91. The number of hydrogen-bond acceptors (Lipinski definition) is 2. The monoisotopic (exact) mass is 312 g/mol. The second kappa shape index (κ2) is 7.57. The van der Waals surface area contributed by atoms with Crippen molar-refractivity contribution in [3.05, 3.63) is 75.8 Å². The third-order valence-corrected chi connectivity index (χ3v) is 3.31. The van der Waals surface area contributed by atoms with Gasteiger partial charge in [-0.3, -0.25) is 4.79 Å². The van der Waals surface area contributed by atoms with Gasteiger partial charge in [-0.1, -0.05) is 54.1 Å². The molecule has 2 rings (SSSR count). The number of nitrogens with zero attached hydrogens (tertiary/aromatic N) is 1. The maximum absolute atomic E-state index is 12.0. The van der Waals surface area contributed by atoms with Crippen LogP contribution < -0.4 is 5.43 Å². The van der Waals surface area contributed by atoms with Crippen molar-refractivity contribution in [3.63, 3.8) is 0 Å². The second-order valence-electron chi connectivity index (χ2n) is 4.98. The first-order chi connectivity index (χ1) is 10.6. The maximum atomic E-state index is 12.0. The van der Waals surface area contributed by atoms with Crippen LogP contribution in [0.15, 0.2) is 59.2 Å². The smallest absolute Gasteiger partial charge is 0.267 e. The molecule has 0 saturated carbocycles. The summed E-state index contributed by atoms with van der Waals surface area (Å²) in [5, 5.41) is 4.38. The van der Waals surface area contributed by atoms with Gasteiger partial charge in [0.15, 0.2) is 0 Å². The van der Waals surface area contributed by atoms with Crippen LogP contribution in [0.2, 0.25) is 5.02 Å². The summed E-state index contributed by atoms with van der Waals surface area (Å²) in [7, 11) is 0. The fourth-order valence-corrected chi connectivity index (χ4v) is 2.23. The van der Waals surface area contributed by atoms with Crippen LogP contribution in [0.25, 0.3) is 6.08 Å². The van der Waals surface area contributed by atoms with Crippen molar-refractivity contribution < 1.29 is 4.79 Å². The standard InChI is InChI=1S/C18H17ClN2O/c1-13-8-9-16(17(19)11-13)18(22)21-20-12-14(2)10-15-6-4-3-5-7-15/h3-12H,1-2H3,(H,21,22)/b14-10+,20-12-. The lowest BCUT2D eigenvalue weighted by atomic mass is 10.1. The lowest BCUT2D eigenvalue weighted by Gasteiger charge is -2.03. The van der Waals surface area contributed by atoms with Gasteiger partial charge in [-0.25, -0.2) is 5.43 Å². The predicted octanol–water partition coefficient (Wildman–Crippen LogP) is 4.47. The van der Waals surface area contributed by atoms with E-state index < -0.39 is 0 Å². The summed E-state index contributed by atoms with van der Waals surface area (Å²) >= 11 is 6.05. The van der Waals surface area contributed by atoms with E-state index in [1.807, 2.05) is 56.3 Å². The van der Waals surface area contributed by atoms with E-state index in [2.05, 4.69) is 10.5 Å². The molecule has 0 aliphatic heterocycles. The fraction of sp³-hybridized carbons (Fsp3) is 0.111. The number of hydrazone groups is 1. The number of benzene rings is 2. The number of allylic oxidation sites excluding steroid dienone is 1. The maximum Gasteiger partial charge on any atom is 0.272 e. The molecule has 1 amide bonds. The topological polar surface area (TPSA) is 41.5 Å². The lowest BCUT2D eigenvalue weighted by Crippen LogP contribution is -2.18. The van der Waals surface area contributed by atoms with E-state index in [1.165, 1.54) is 0 Å². The minimum atomic E-state index is -0.325. The van der Waals surface area contributed by atoms with Gasteiger partial charge in [0.1, 0.15) is 0 Å². The number of rotatable bonds is 4. The van der Waals surface area contributed by atoms with E-state index in [-0.39, 0.29) is 5.91 Å². The van der Waals surface area contributed by atoms with E-state index in [4.69, 9.17) is 11.6 Å². The summed E-state index contributed by atoms with van der Waals surface area (Å²) in [5.74, 6) is -0.325. The molecule has 1 N–H and O–H groups in total. The second-order valence-corrected chi connectivity index (χ2v) is 5.39. The number of amides is 1. The van der Waals surface area contributed by atoms with E-state index in [1.54, 1.807) is 18.3 Å². The Hall–Kier alpha value is -2.39. The molecule has 4 heteroatoms. The first-order valence-corrected chi connectivity index (χ1v) is 7.27. The number of carbonyl (C=O) groups is 1. The van der Waals surface area contributed by atoms with E-state index in [0.29, 0.717) is 10.6 Å². The molecule has 2 aromatic rings. The van der Waals surface area contributed by atoms with Crippen LogP contribution in [0, 0.1) is 6.92 Å². The van der Waals surface area contributed by atoms with Crippen LogP contribution in [0.1, 0.15) is 28.4 Å². The predicted molar refractivity (Wildman–Crippen MR) is 92.2 cm³/mol. The molecular weight excluding hydrogens is 296 g/mol. The van der Waals surface area contributed by atoms with Crippen LogP contribution >= 0.6 is 11.6 Å². The number of halogens is 1. The molecule has 0 unspecified atom stereocenters. The highest BCUT2D eigenvalue weighted by atomic mass is 35.5. The Morgan fingerprint density at radius 1 is 1.18 bits per heavy atom. The molecule has 0 atom stereocenters. The zero-order chi connectivity index (χ0) is 15.9. The van der Waals surface area contributed by atoms with Crippen molar-refractivity contribution in [2.24, 2.45) is 5.10 Å². The Morgan fingerprint density at radius 3 is 2.59 bits per heavy atom. The zero-order valence-corrected chi connectivity index (χ0v) is 13.3. The Balaban J connectivity index is 2.00. The number of carbonyl (C=O) groups excluding carboxylic acids is 1. The highest BCUT2D eigenvalue weighted by molar-refractivity contribution is 6.33. The van der Waals surface area contributed by atoms with Crippen LogP contribution in [0.5, 0.6) is 0 Å². The molecule has 22 heavy (non-hydrogen) atoms. The average Bonchev–Trinajstić information content (AvgIpc) is 2.48. The molecule has 0 fully saturated rings. The van der Waals surface area contributed by atoms with Crippen molar-refractivity contribution in [2.45, 2.75) is 13.8 Å². The Morgan fingerprint density at radius 2 is 1.91 bits per heavy atom. The largest absolute Gasteiger partial charge is 0.272 e. The van der Waals surface area contributed by atoms with E-state index >= 15 is 0 Å². The van der Waals surface area contributed by atoms with Crippen molar-refractivity contribution in [3.8, 4) is 0 Å². The van der Waals surface area contributed by atoms with Gasteiger partial charge in [0.25, 0.3) is 5.91 Å². The van der Waals surface area contributed by atoms with Crippen molar-refractivity contribution >= 4 is 29.8 Å². The molecule has 3 nitrogen and oxygen atoms in total. The normalized spacial score (nSPS) is 11.7. The minimum absolute atomic E-state index is 0.325. The quantitative estimate of drug-likeness (QED) is 0.657. The number of hydrogen-bond donors (Lipinski definition) is 1. The lowest BCUT2D eigenvalue weighted by molar-refractivity contribution is 0.0955. The average molecular weight is 313 g/mol. The molecule has 0 bridgehead atoms. The van der Waals surface area contributed by atoms with Gasteiger partial charge in [0, 0.05) is 0 Å². The Kier molecular flexibility index (Phi) is 5.50. The number of aryl methyl sites for hydroxylation is 1. The minimum Gasteiger partial charge on any atom is -0.267 e. The fourth-order valence-electron chi connectivity index (χ4n) is 1.91. The Labute approximate surface area is 135 Å². The van der Waals surface area contributed by atoms with Crippen molar-refractivity contribution in [1.82, 2.24) is 5.43 Å². The SMILES string of the molecule is CC(/C=N\NC(=O)c1ccc(C)cc1Cl)=C\c1ccccc1. The Bertz CT molecular complexity index is 721. The van der Waals surface area contributed by atoms with Crippen LogP contribution in [0.4, 0.5) is 0 Å². The van der Waals surface area contributed by atoms with Crippen LogP contribution in [-0.2, 0) is 0 Å². The van der Waals surface area contributed by atoms with Crippen LogP contribution in [-0.4, -0.2) is 12.1 Å². The van der Waals surface area contributed by atoms with Gasteiger partial charge in [-0.15, -0.1) is 0 Å². The van der Waals surface area contributed by atoms with E-state index in [9.17, 15) is 4.79 Å². The zero-order valence-electron chi connectivity index (χ0n) is 12.5. The highest BCUT2D eigenvalue weighted by Crippen LogP contribution is 2.17. The molecule has 0 spiro atoms. The molecule has 2 aromatic carbocycles. The molecule has 0 saturated heterocycles. The van der Waals surface area contributed by atoms with Crippen molar-refractivity contribution in [2.75, 3.05) is 0 Å². The highest BCUT2D eigenvalue weighted by Gasteiger charge is 2.08. The van der Waals surface area contributed by atoms with Gasteiger partial charge in [-0.05, 0) is 42.7 Å². The molecule has 0 radical (unpaired) electrons. The molecule has 0 aromatic heterocycles. The van der Waals surface area contributed by atoms with Crippen LogP contribution in [0.3, 0.4) is 0 Å². The summed E-state index contributed by atoms with van der Waals surface area (Å²) in [4.78, 5) is 12.0. The molecule has 0 heterocycles. The van der Waals surface area contributed by atoms with Gasteiger partial charge in [0.2, 0.25) is 0 Å². The van der Waals surface area contributed by atoms with E-state index in [0.717, 1.165) is 16.7 Å². The van der Waals surface area contributed by atoms with Crippen molar-refractivity contribution in [1.29, 1.82) is 0 Å². The summed E-state index contributed by atoms with van der Waals surface area (Å²) in [6, 6.07) is 15.2.